The standard InChI is InChI=1S/C11H6F5N3/c12-6-7(13)9(15)11(10(16)8(6)14)18-3-5-1-2-17-4-19-5/h1-2,4,18H,3H2. The number of anilines is 1. The lowest BCUT2D eigenvalue weighted by Crippen LogP contribution is -2.10. The van der Waals surface area contributed by atoms with Gasteiger partial charge in [0.15, 0.2) is 23.3 Å². The van der Waals surface area contributed by atoms with E-state index < -0.39 is 34.8 Å². The van der Waals surface area contributed by atoms with Crippen LogP contribution in [0.1, 0.15) is 5.69 Å². The zero-order valence-corrected chi connectivity index (χ0v) is 9.22. The number of halogens is 5. The molecule has 0 radical (unpaired) electrons. The normalized spacial score (nSPS) is 10.6. The molecule has 1 heterocycles. The van der Waals surface area contributed by atoms with E-state index in [9.17, 15) is 22.0 Å². The molecule has 0 aliphatic rings. The molecule has 8 heteroatoms. The summed E-state index contributed by atoms with van der Waals surface area (Å²) in [5.74, 6) is -10.0. The number of benzene rings is 1. The summed E-state index contributed by atoms with van der Waals surface area (Å²) >= 11 is 0. The molecule has 0 saturated heterocycles. The van der Waals surface area contributed by atoms with Crippen LogP contribution in [0, 0.1) is 29.1 Å². The van der Waals surface area contributed by atoms with E-state index in [1.807, 2.05) is 0 Å². The highest BCUT2D eigenvalue weighted by Gasteiger charge is 2.25. The largest absolute Gasteiger partial charge is 0.374 e. The quantitative estimate of drug-likeness (QED) is 0.531. The fourth-order valence-corrected chi connectivity index (χ4v) is 1.36. The van der Waals surface area contributed by atoms with Gasteiger partial charge < -0.3 is 5.32 Å². The average Bonchev–Trinajstić information content (AvgIpc) is 2.44. The summed E-state index contributed by atoms with van der Waals surface area (Å²) in [5.41, 5.74) is -0.756. The van der Waals surface area contributed by atoms with Crippen LogP contribution in [-0.4, -0.2) is 9.97 Å². The molecular formula is C11H6F5N3. The number of rotatable bonds is 3. The first-order chi connectivity index (χ1) is 9.02. The van der Waals surface area contributed by atoms with Crippen LogP contribution in [0.5, 0.6) is 0 Å². The Balaban J connectivity index is 2.31. The number of nitrogens with one attached hydrogen (secondary N) is 1. The van der Waals surface area contributed by atoms with Crippen molar-refractivity contribution in [1.82, 2.24) is 9.97 Å². The van der Waals surface area contributed by atoms with Crippen LogP contribution in [-0.2, 0) is 6.54 Å². The lowest BCUT2D eigenvalue weighted by molar-refractivity contribution is 0.381. The molecule has 100 valence electrons. The van der Waals surface area contributed by atoms with E-state index in [1.54, 1.807) is 0 Å². The molecule has 0 fully saturated rings. The Hall–Kier alpha value is -2.25. The Bertz CT molecular complexity index is 574. The van der Waals surface area contributed by atoms with Crippen molar-refractivity contribution in [2.75, 3.05) is 5.32 Å². The Morgan fingerprint density at radius 2 is 1.47 bits per heavy atom. The van der Waals surface area contributed by atoms with Crippen molar-refractivity contribution in [2.24, 2.45) is 0 Å². The topological polar surface area (TPSA) is 37.8 Å². The average molecular weight is 275 g/mol. The van der Waals surface area contributed by atoms with Gasteiger partial charge in [0.1, 0.15) is 12.0 Å². The van der Waals surface area contributed by atoms with E-state index in [4.69, 9.17) is 0 Å². The van der Waals surface area contributed by atoms with Crippen molar-refractivity contribution in [3.63, 3.8) is 0 Å². The van der Waals surface area contributed by atoms with E-state index >= 15 is 0 Å². The molecule has 1 aromatic heterocycles. The molecule has 0 spiro atoms. The monoisotopic (exact) mass is 275 g/mol. The molecule has 1 N–H and O–H groups in total. The SMILES string of the molecule is Fc1c(F)c(F)c(NCc2ccncn2)c(F)c1F. The van der Waals surface area contributed by atoms with Crippen LogP contribution in [0.4, 0.5) is 27.6 Å². The second-order valence-corrected chi connectivity index (χ2v) is 3.50. The lowest BCUT2D eigenvalue weighted by atomic mass is 10.2. The van der Waals surface area contributed by atoms with E-state index in [0.29, 0.717) is 5.69 Å². The zero-order chi connectivity index (χ0) is 14.0. The highest BCUT2D eigenvalue weighted by atomic mass is 19.2. The summed E-state index contributed by atoms with van der Waals surface area (Å²) in [6.45, 7) is -0.207. The maximum atomic E-state index is 13.3. The summed E-state index contributed by atoms with van der Waals surface area (Å²) in [7, 11) is 0. The predicted molar refractivity (Wildman–Crippen MR) is 55.6 cm³/mol. The van der Waals surface area contributed by atoms with Crippen LogP contribution >= 0.6 is 0 Å². The van der Waals surface area contributed by atoms with Crippen molar-refractivity contribution < 1.29 is 22.0 Å². The lowest BCUT2D eigenvalue weighted by Gasteiger charge is -2.10. The Labute approximate surface area is 104 Å². The van der Waals surface area contributed by atoms with E-state index in [0.717, 1.165) is 0 Å². The van der Waals surface area contributed by atoms with Crippen LogP contribution < -0.4 is 5.32 Å². The molecule has 1 aromatic carbocycles. The fourth-order valence-electron chi connectivity index (χ4n) is 1.36. The molecule has 0 atom stereocenters. The Morgan fingerprint density at radius 3 is 2.00 bits per heavy atom. The summed E-state index contributed by atoms with van der Waals surface area (Å²) < 4.78 is 65.2. The third-order valence-electron chi connectivity index (χ3n) is 2.30. The van der Waals surface area contributed by atoms with Gasteiger partial charge in [-0.05, 0) is 6.07 Å². The smallest absolute Gasteiger partial charge is 0.200 e. The summed E-state index contributed by atoms with van der Waals surface area (Å²) in [4.78, 5) is 7.35. The van der Waals surface area contributed by atoms with Crippen molar-refractivity contribution in [3.05, 3.63) is 53.4 Å². The van der Waals surface area contributed by atoms with Gasteiger partial charge >= 0.3 is 0 Å². The van der Waals surface area contributed by atoms with Gasteiger partial charge in [-0.3, -0.25) is 0 Å². The molecule has 2 aromatic rings. The van der Waals surface area contributed by atoms with Crippen LogP contribution in [0.3, 0.4) is 0 Å². The third-order valence-corrected chi connectivity index (χ3v) is 2.30. The van der Waals surface area contributed by atoms with E-state index in [1.165, 1.54) is 18.6 Å². The minimum Gasteiger partial charge on any atom is -0.374 e. The maximum absolute atomic E-state index is 13.3. The van der Waals surface area contributed by atoms with E-state index in [2.05, 4.69) is 15.3 Å². The minimum absolute atomic E-state index is 0.207. The van der Waals surface area contributed by atoms with Crippen LogP contribution in [0.15, 0.2) is 18.6 Å². The maximum Gasteiger partial charge on any atom is 0.200 e. The first-order valence-electron chi connectivity index (χ1n) is 5.02. The second-order valence-electron chi connectivity index (χ2n) is 3.50. The van der Waals surface area contributed by atoms with Gasteiger partial charge in [-0.1, -0.05) is 0 Å². The number of aromatic nitrogens is 2. The number of hydrogen-bond donors (Lipinski definition) is 1. The van der Waals surface area contributed by atoms with Crippen molar-refractivity contribution in [2.45, 2.75) is 6.54 Å². The van der Waals surface area contributed by atoms with Gasteiger partial charge in [0, 0.05) is 6.20 Å². The second kappa shape index (κ2) is 5.17. The molecule has 0 amide bonds. The zero-order valence-electron chi connectivity index (χ0n) is 9.22. The van der Waals surface area contributed by atoms with Gasteiger partial charge in [0.25, 0.3) is 0 Å². The molecule has 2 rings (SSSR count). The summed E-state index contributed by atoms with van der Waals surface area (Å²) in [5, 5.41) is 2.12. The van der Waals surface area contributed by atoms with Crippen molar-refractivity contribution >= 4 is 5.69 Å². The molecule has 0 bridgehead atoms. The van der Waals surface area contributed by atoms with Crippen LogP contribution in [0.25, 0.3) is 0 Å². The number of hydrogen-bond acceptors (Lipinski definition) is 3. The summed E-state index contributed by atoms with van der Waals surface area (Å²) in [6, 6.07) is 1.43. The van der Waals surface area contributed by atoms with Crippen molar-refractivity contribution in [3.8, 4) is 0 Å². The van der Waals surface area contributed by atoms with Gasteiger partial charge in [-0.25, -0.2) is 31.9 Å². The highest BCUT2D eigenvalue weighted by Crippen LogP contribution is 2.27. The fraction of sp³-hybridized carbons (Fsp3) is 0.0909. The summed E-state index contributed by atoms with van der Waals surface area (Å²) in [6.07, 6.45) is 2.57. The first kappa shape index (κ1) is 13.2. The predicted octanol–water partition coefficient (Wildman–Crippen LogP) is 2.78. The molecule has 0 unspecified atom stereocenters. The molecule has 0 saturated carbocycles. The molecule has 3 nitrogen and oxygen atoms in total. The highest BCUT2D eigenvalue weighted by molar-refractivity contribution is 5.47. The molecule has 0 aliphatic heterocycles. The van der Waals surface area contributed by atoms with E-state index in [-0.39, 0.29) is 6.54 Å². The van der Waals surface area contributed by atoms with Crippen molar-refractivity contribution in [1.29, 1.82) is 0 Å². The van der Waals surface area contributed by atoms with Gasteiger partial charge in [-0.15, -0.1) is 0 Å². The van der Waals surface area contributed by atoms with Gasteiger partial charge in [-0.2, -0.15) is 0 Å². The molecule has 0 aliphatic carbocycles. The van der Waals surface area contributed by atoms with Crippen LogP contribution in [0.2, 0.25) is 0 Å². The Kier molecular flexibility index (Phi) is 3.59. The van der Waals surface area contributed by atoms with Gasteiger partial charge in [0.2, 0.25) is 5.82 Å². The first-order valence-corrected chi connectivity index (χ1v) is 5.02. The minimum atomic E-state index is -2.19. The molecule has 19 heavy (non-hydrogen) atoms. The Morgan fingerprint density at radius 1 is 0.895 bits per heavy atom. The third kappa shape index (κ3) is 2.47. The number of nitrogens with zero attached hydrogens (tertiary/aromatic N) is 2. The van der Waals surface area contributed by atoms with Gasteiger partial charge in [0.05, 0.1) is 12.2 Å². The molecular weight excluding hydrogens is 269 g/mol.